The van der Waals surface area contributed by atoms with Crippen molar-refractivity contribution in [1.82, 2.24) is 5.32 Å². The van der Waals surface area contributed by atoms with Gasteiger partial charge in [0.1, 0.15) is 5.82 Å². The second kappa shape index (κ2) is 8.67. The lowest BCUT2D eigenvalue weighted by molar-refractivity contribution is 0.0950. The minimum absolute atomic E-state index is 0.172. The van der Waals surface area contributed by atoms with E-state index in [2.05, 4.69) is 10.6 Å². The Morgan fingerprint density at radius 3 is 2.26 bits per heavy atom. The minimum Gasteiger partial charge on any atom is -0.397 e. The van der Waals surface area contributed by atoms with Crippen molar-refractivity contribution >= 4 is 34.0 Å². The molecule has 2 amide bonds. The van der Waals surface area contributed by atoms with Gasteiger partial charge in [0.15, 0.2) is 0 Å². The van der Waals surface area contributed by atoms with Crippen LogP contribution in [0.2, 0.25) is 0 Å². The molecule has 0 unspecified atom stereocenters. The Morgan fingerprint density at radius 1 is 0.774 bits per heavy atom. The summed E-state index contributed by atoms with van der Waals surface area (Å²) in [6.07, 6.45) is 0. The molecule has 0 radical (unpaired) electrons. The molecule has 0 bridgehead atoms. The predicted octanol–water partition coefficient (Wildman–Crippen LogP) is 4.74. The normalized spacial score (nSPS) is 10.6. The average Bonchev–Trinajstić information content (AvgIpc) is 2.79. The first-order chi connectivity index (χ1) is 15.0. The number of carbonyl (C=O) groups excluding carboxylic acids is 2. The highest BCUT2D eigenvalue weighted by molar-refractivity contribution is 6.05. The lowest BCUT2D eigenvalue weighted by Gasteiger charge is -2.10. The number of hydrogen-bond donors (Lipinski definition) is 3. The third-order valence-corrected chi connectivity index (χ3v) is 4.94. The summed E-state index contributed by atoms with van der Waals surface area (Å²) in [5, 5.41) is 7.56. The summed E-state index contributed by atoms with van der Waals surface area (Å²) in [6, 6.07) is 24.0. The van der Waals surface area contributed by atoms with Gasteiger partial charge in [-0.25, -0.2) is 4.39 Å². The van der Waals surface area contributed by atoms with E-state index >= 15 is 0 Å². The largest absolute Gasteiger partial charge is 0.397 e. The van der Waals surface area contributed by atoms with Crippen LogP contribution in [-0.4, -0.2) is 11.8 Å². The van der Waals surface area contributed by atoms with E-state index < -0.39 is 11.7 Å². The maximum atomic E-state index is 13.4. The molecule has 5 nitrogen and oxygen atoms in total. The summed E-state index contributed by atoms with van der Waals surface area (Å²) < 4.78 is 13.4. The second-order valence-corrected chi connectivity index (χ2v) is 7.13. The van der Waals surface area contributed by atoms with Crippen LogP contribution in [0.15, 0.2) is 84.9 Å². The Balaban J connectivity index is 1.38. The van der Waals surface area contributed by atoms with Gasteiger partial charge < -0.3 is 16.4 Å². The standard InChI is InChI=1S/C25H20FN3O2/c26-21-11-12-22(27)23(14-21)29-25(31)18-7-5-16(6-8-18)15-28-24(30)20-10-9-17-3-1-2-4-19(17)13-20/h1-14H,15,27H2,(H,28,30)(H,29,31). The number of nitrogens with one attached hydrogen (secondary N) is 2. The zero-order valence-electron chi connectivity index (χ0n) is 16.6. The lowest BCUT2D eigenvalue weighted by Crippen LogP contribution is -2.22. The fraction of sp³-hybridized carbons (Fsp3) is 0.0400. The average molecular weight is 413 g/mol. The number of nitrogens with two attached hydrogens (primary N) is 1. The SMILES string of the molecule is Nc1ccc(F)cc1NC(=O)c1ccc(CNC(=O)c2ccc3ccccc3c2)cc1. The van der Waals surface area contributed by atoms with Gasteiger partial charge >= 0.3 is 0 Å². The highest BCUT2D eigenvalue weighted by Crippen LogP contribution is 2.20. The predicted molar refractivity (Wildman–Crippen MR) is 120 cm³/mol. The number of hydrogen-bond acceptors (Lipinski definition) is 3. The van der Waals surface area contributed by atoms with Crippen molar-refractivity contribution in [2.75, 3.05) is 11.1 Å². The summed E-state index contributed by atoms with van der Waals surface area (Å²) in [5.74, 6) is -1.06. The molecule has 31 heavy (non-hydrogen) atoms. The highest BCUT2D eigenvalue weighted by atomic mass is 19.1. The Bertz CT molecular complexity index is 1270. The molecule has 0 saturated carbocycles. The second-order valence-electron chi connectivity index (χ2n) is 7.13. The van der Waals surface area contributed by atoms with Crippen molar-refractivity contribution in [2.24, 2.45) is 0 Å². The molecule has 0 saturated heterocycles. The van der Waals surface area contributed by atoms with Gasteiger partial charge in [-0.05, 0) is 58.8 Å². The van der Waals surface area contributed by atoms with Crippen molar-refractivity contribution in [1.29, 1.82) is 0 Å². The van der Waals surface area contributed by atoms with Crippen LogP contribution in [0.5, 0.6) is 0 Å². The first-order valence-electron chi connectivity index (χ1n) is 9.72. The van der Waals surface area contributed by atoms with E-state index in [9.17, 15) is 14.0 Å². The van der Waals surface area contributed by atoms with E-state index in [4.69, 9.17) is 5.73 Å². The van der Waals surface area contributed by atoms with E-state index in [0.29, 0.717) is 17.7 Å². The summed E-state index contributed by atoms with van der Waals surface area (Å²) >= 11 is 0. The highest BCUT2D eigenvalue weighted by Gasteiger charge is 2.10. The molecule has 0 aliphatic carbocycles. The number of rotatable bonds is 5. The Morgan fingerprint density at radius 2 is 1.48 bits per heavy atom. The van der Waals surface area contributed by atoms with Gasteiger partial charge in [-0.2, -0.15) is 0 Å². The molecule has 4 N–H and O–H groups in total. The molecule has 4 rings (SSSR count). The summed E-state index contributed by atoms with van der Waals surface area (Å²) in [5.41, 5.74) is 8.09. The van der Waals surface area contributed by atoms with Gasteiger partial charge in [-0.15, -0.1) is 0 Å². The smallest absolute Gasteiger partial charge is 0.255 e. The van der Waals surface area contributed by atoms with E-state index in [0.717, 1.165) is 16.3 Å². The number of carbonyl (C=O) groups is 2. The van der Waals surface area contributed by atoms with Crippen molar-refractivity contribution in [2.45, 2.75) is 6.54 Å². The number of anilines is 2. The van der Waals surface area contributed by atoms with Crippen LogP contribution in [0.4, 0.5) is 15.8 Å². The quantitative estimate of drug-likeness (QED) is 0.413. The van der Waals surface area contributed by atoms with Crippen LogP contribution in [-0.2, 0) is 6.54 Å². The zero-order chi connectivity index (χ0) is 21.8. The van der Waals surface area contributed by atoms with Crippen LogP contribution < -0.4 is 16.4 Å². The van der Waals surface area contributed by atoms with E-state index in [1.165, 1.54) is 18.2 Å². The van der Waals surface area contributed by atoms with Crippen LogP contribution >= 0.6 is 0 Å². The van der Waals surface area contributed by atoms with Crippen molar-refractivity contribution in [3.05, 3.63) is 107 Å². The number of fused-ring (bicyclic) bond motifs is 1. The maximum Gasteiger partial charge on any atom is 0.255 e. The first kappa shape index (κ1) is 20.1. The van der Waals surface area contributed by atoms with Crippen LogP contribution in [0.3, 0.4) is 0 Å². The number of halogens is 1. The Hall–Kier alpha value is -4.19. The maximum absolute atomic E-state index is 13.4. The third kappa shape index (κ3) is 4.70. The van der Waals surface area contributed by atoms with E-state index in [1.54, 1.807) is 30.3 Å². The summed E-state index contributed by atoms with van der Waals surface area (Å²) in [6.45, 7) is 0.324. The van der Waals surface area contributed by atoms with Crippen molar-refractivity contribution < 1.29 is 14.0 Å². The van der Waals surface area contributed by atoms with Gasteiger partial charge in [-0.1, -0.05) is 42.5 Å². The molecule has 0 aliphatic rings. The molecule has 0 spiro atoms. The molecule has 154 valence electrons. The fourth-order valence-electron chi connectivity index (χ4n) is 3.22. The molecule has 0 fully saturated rings. The van der Waals surface area contributed by atoms with Crippen molar-refractivity contribution in [3.63, 3.8) is 0 Å². The Kier molecular flexibility index (Phi) is 5.62. The van der Waals surface area contributed by atoms with Crippen LogP contribution in [0, 0.1) is 5.82 Å². The van der Waals surface area contributed by atoms with Gasteiger partial charge in [-0.3, -0.25) is 9.59 Å². The molecule has 0 aromatic heterocycles. The van der Waals surface area contributed by atoms with Gasteiger partial charge in [0.25, 0.3) is 11.8 Å². The van der Waals surface area contributed by atoms with Crippen LogP contribution in [0.1, 0.15) is 26.3 Å². The molecular formula is C25H20FN3O2. The Labute approximate surface area is 178 Å². The molecule has 4 aromatic carbocycles. The molecular weight excluding hydrogens is 393 g/mol. The van der Waals surface area contributed by atoms with Gasteiger partial charge in [0, 0.05) is 17.7 Å². The minimum atomic E-state index is -0.484. The monoisotopic (exact) mass is 413 g/mol. The van der Waals surface area contributed by atoms with E-state index in [1.807, 2.05) is 36.4 Å². The van der Waals surface area contributed by atoms with Gasteiger partial charge in [0.2, 0.25) is 0 Å². The first-order valence-corrected chi connectivity index (χ1v) is 9.72. The third-order valence-electron chi connectivity index (χ3n) is 4.94. The topological polar surface area (TPSA) is 84.2 Å². The molecule has 4 aromatic rings. The van der Waals surface area contributed by atoms with Crippen molar-refractivity contribution in [3.8, 4) is 0 Å². The number of nitrogen functional groups attached to an aromatic ring is 1. The molecule has 6 heteroatoms. The molecule has 0 heterocycles. The lowest BCUT2D eigenvalue weighted by atomic mass is 10.1. The molecule has 0 aliphatic heterocycles. The summed E-state index contributed by atoms with van der Waals surface area (Å²) in [4.78, 5) is 24.9. The number of benzene rings is 4. The van der Waals surface area contributed by atoms with E-state index in [-0.39, 0.29) is 17.3 Å². The summed E-state index contributed by atoms with van der Waals surface area (Å²) in [7, 11) is 0. The van der Waals surface area contributed by atoms with Gasteiger partial charge in [0.05, 0.1) is 11.4 Å². The zero-order valence-corrected chi connectivity index (χ0v) is 16.6. The van der Waals surface area contributed by atoms with Crippen LogP contribution in [0.25, 0.3) is 10.8 Å². The molecule has 0 atom stereocenters. The number of amides is 2. The fourth-order valence-corrected chi connectivity index (χ4v) is 3.22.